The summed E-state index contributed by atoms with van der Waals surface area (Å²) in [4.78, 5) is 14.2. The molecule has 1 heterocycles. The number of hydrogen-bond donors (Lipinski definition) is 0. The lowest BCUT2D eigenvalue weighted by atomic mass is 10.0. The lowest BCUT2D eigenvalue weighted by Gasteiger charge is -2.11. The molecular weight excluding hydrogens is 262 g/mol. The lowest BCUT2D eigenvalue weighted by molar-refractivity contribution is -0.143. The summed E-state index contributed by atoms with van der Waals surface area (Å²) in [5.41, 5.74) is 9.43. The van der Waals surface area contributed by atoms with Gasteiger partial charge in [0.25, 0.3) is 0 Å². The summed E-state index contributed by atoms with van der Waals surface area (Å²) in [5, 5.41) is 3.73. The lowest BCUT2D eigenvalue weighted by Crippen LogP contribution is -2.06. The number of ether oxygens (including phenoxy) is 3. The van der Waals surface area contributed by atoms with E-state index in [1.807, 2.05) is 0 Å². The molecule has 0 saturated carbocycles. The van der Waals surface area contributed by atoms with Crippen molar-refractivity contribution in [1.82, 2.24) is 0 Å². The molecule has 0 aliphatic carbocycles. The first-order valence-electron chi connectivity index (χ1n) is 6.34. The highest BCUT2D eigenvalue weighted by atomic mass is 16.7. The zero-order chi connectivity index (χ0) is 14.4. The Morgan fingerprint density at radius 3 is 3.05 bits per heavy atom. The summed E-state index contributed by atoms with van der Waals surface area (Å²) >= 11 is 0. The van der Waals surface area contributed by atoms with E-state index in [4.69, 9.17) is 19.7 Å². The Morgan fingerprint density at radius 1 is 1.50 bits per heavy atom. The second-order valence-corrected chi connectivity index (χ2v) is 4.18. The van der Waals surface area contributed by atoms with Gasteiger partial charge in [-0.15, -0.1) is 0 Å². The van der Waals surface area contributed by atoms with E-state index in [1.165, 1.54) is 0 Å². The number of azide groups is 1. The van der Waals surface area contributed by atoms with Crippen LogP contribution in [-0.2, 0) is 9.53 Å². The molecule has 1 aliphatic rings. The zero-order valence-electron chi connectivity index (χ0n) is 11.1. The van der Waals surface area contributed by atoms with Gasteiger partial charge in [-0.2, -0.15) is 0 Å². The van der Waals surface area contributed by atoms with Crippen LogP contribution in [0.5, 0.6) is 11.5 Å². The monoisotopic (exact) mass is 277 g/mol. The molecule has 1 atom stereocenters. The Kier molecular flexibility index (Phi) is 4.68. The topological polar surface area (TPSA) is 93.5 Å². The van der Waals surface area contributed by atoms with Crippen LogP contribution >= 0.6 is 0 Å². The molecule has 106 valence electrons. The van der Waals surface area contributed by atoms with Crippen molar-refractivity contribution >= 4 is 5.97 Å². The molecule has 7 heteroatoms. The summed E-state index contributed by atoms with van der Waals surface area (Å²) in [6.45, 7) is 2.28. The second kappa shape index (κ2) is 6.68. The first-order chi connectivity index (χ1) is 9.74. The van der Waals surface area contributed by atoms with Crippen LogP contribution in [0, 0.1) is 0 Å². The summed E-state index contributed by atoms with van der Waals surface area (Å²) < 4.78 is 15.4. The number of fused-ring (bicyclic) bond motifs is 1. The van der Waals surface area contributed by atoms with Crippen molar-refractivity contribution in [2.45, 2.75) is 25.8 Å². The van der Waals surface area contributed by atoms with E-state index in [-0.39, 0.29) is 19.2 Å². The van der Waals surface area contributed by atoms with Gasteiger partial charge < -0.3 is 14.2 Å². The Balaban J connectivity index is 2.08. The van der Waals surface area contributed by atoms with Crippen molar-refractivity contribution in [3.63, 3.8) is 0 Å². The van der Waals surface area contributed by atoms with Crippen molar-refractivity contribution in [3.05, 3.63) is 34.2 Å². The summed E-state index contributed by atoms with van der Waals surface area (Å²) in [5.74, 6) is 0.988. The molecule has 0 amide bonds. The van der Waals surface area contributed by atoms with Gasteiger partial charge in [0.15, 0.2) is 11.5 Å². The fraction of sp³-hybridized carbons (Fsp3) is 0.462. The third-order valence-electron chi connectivity index (χ3n) is 2.90. The van der Waals surface area contributed by atoms with Gasteiger partial charge in [-0.3, -0.25) is 4.79 Å². The number of carbonyl (C=O) groups is 1. The number of hydrogen-bond acceptors (Lipinski definition) is 5. The zero-order valence-corrected chi connectivity index (χ0v) is 11.1. The van der Waals surface area contributed by atoms with Crippen LogP contribution in [0.3, 0.4) is 0 Å². The molecule has 1 aliphatic heterocycles. The van der Waals surface area contributed by atoms with Crippen molar-refractivity contribution < 1.29 is 19.0 Å². The van der Waals surface area contributed by atoms with E-state index >= 15 is 0 Å². The van der Waals surface area contributed by atoms with Crippen molar-refractivity contribution in [2.24, 2.45) is 5.11 Å². The molecule has 0 fully saturated rings. The van der Waals surface area contributed by atoms with Gasteiger partial charge in [-0.25, -0.2) is 0 Å². The molecular formula is C13H15N3O4. The molecule has 0 radical (unpaired) electrons. The van der Waals surface area contributed by atoms with E-state index in [2.05, 4.69) is 10.0 Å². The quantitative estimate of drug-likeness (QED) is 0.345. The van der Waals surface area contributed by atoms with E-state index < -0.39 is 6.04 Å². The highest BCUT2D eigenvalue weighted by molar-refractivity contribution is 5.69. The fourth-order valence-corrected chi connectivity index (χ4v) is 1.96. The SMILES string of the molecule is CCOC(=O)CCC(N=[N+]=[N-])c1ccc2c(c1)OCO2. The minimum absolute atomic E-state index is 0.188. The molecule has 7 nitrogen and oxygen atoms in total. The Bertz CT molecular complexity index is 540. The van der Waals surface area contributed by atoms with Crippen molar-refractivity contribution in [3.8, 4) is 11.5 Å². The van der Waals surface area contributed by atoms with Crippen molar-refractivity contribution in [2.75, 3.05) is 13.4 Å². The third-order valence-corrected chi connectivity index (χ3v) is 2.90. The van der Waals surface area contributed by atoms with Crippen LogP contribution in [0.4, 0.5) is 0 Å². The minimum atomic E-state index is -0.432. The summed E-state index contributed by atoms with van der Waals surface area (Å²) in [7, 11) is 0. The van der Waals surface area contributed by atoms with Gasteiger partial charge in [-0.05, 0) is 36.6 Å². The molecule has 0 aromatic heterocycles. The second-order valence-electron chi connectivity index (χ2n) is 4.18. The van der Waals surface area contributed by atoms with Gasteiger partial charge in [-0.1, -0.05) is 11.2 Å². The first-order valence-corrected chi connectivity index (χ1v) is 6.34. The molecule has 20 heavy (non-hydrogen) atoms. The maximum Gasteiger partial charge on any atom is 0.305 e. The van der Waals surface area contributed by atoms with Crippen LogP contribution in [0.2, 0.25) is 0 Å². The average Bonchev–Trinajstić information content (AvgIpc) is 2.91. The molecule has 1 unspecified atom stereocenters. The Labute approximate surface area is 116 Å². The number of carbonyl (C=O) groups excluding carboxylic acids is 1. The van der Waals surface area contributed by atoms with Gasteiger partial charge in [0, 0.05) is 11.3 Å². The van der Waals surface area contributed by atoms with Crippen LogP contribution < -0.4 is 9.47 Å². The van der Waals surface area contributed by atoms with Gasteiger partial charge in [0.2, 0.25) is 6.79 Å². The molecule has 0 spiro atoms. The highest BCUT2D eigenvalue weighted by Gasteiger charge is 2.18. The maximum absolute atomic E-state index is 11.4. The van der Waals surface area contributed by atoms with E-state index in [0.717, 1.165) is 5.56 Å². The van der Waals surface area contributed by atoms with Crippen LogP contribution in [0.15, 0.2) is 23.3 Å². The highest BCUT2D eigenvalue weighted by Crippen LogP contribution is 2.36. The van der Waals surface area contributed by atoms with E-state index in [0.29, 0.717) is 24.5 Å². The maximum atomic E-state index is 11.4. The number of benzene rings is 1. The first kappa shape index (κ1) is 14.0. The average molecular weight is 277 g/mol. The molecule has 0 saturated heterocycles. The van der Waals surface area contributed by atoms with Gasteiger partial charge >= 0.3 is 5.97 Å². The predicted molar refractivity (Wildman–Crippen MR) is 70.3 cm³/mol. The fourth-order valence-electron chi connectivity index (χ4n) is 1.96. The molecule has 0 N–H and O–H groups in total. The predicted octanol–water partition coefficient (Wildman–Crippen LogP) is 3.11. The number of rotatable bonds is 6. The smallest absolute Gasteiger partial charge is 0.305 e. The third kappa shape index (κ3) is 3.33. The number of nitrogens with zero attached hydrogens (tertiary/aromatic N) is 3. The van der Waals surface area contributed by atoms with Crippen LogP contribution in [0.25, 0.3) is 10.4 Å². The van der Waals surface area contributed by atoms with E-state index in [9.17, 15) is 4.79 Å². The molecule has 0 bridgehead atoms. The molecule has 1 aromatic rings. The normalized spacial score (nSPS) is 13.4. The van der Waals surface area contributed by atoms with Gasteiger partial charge in [0.05, 0.1) is 12.6 Å². The summed E-state index contributed by atoms with van der Waals surface area (Å²) in [6, 6.07) is 4.91. The minimum Gasteiger partial charge on any atom is -0.466 e. The Morgan fingerprint density at radius 2 is 2.30 bits per heavy atom. The Hall–Kier alpha value is -2.40. The standard InChI is InChI=1S/C13H15N3O4/c1-2-18-13(17)6-4-10(15-16-14)9-3-5-11-12(7-9)20-8-19-11/h3,5,7,10H,2,4,6,8H2,1H3. The number of esters is 1. The van der Waals surface area contributed by atoms with E-state index in [1.54, 1.807) is 25.1 Å². The molecule has 1 aromatic carbocycles. The van der Waals surface area contributed by atoms with Crippen molar-refractivity contribution in [1.29, 1.82) is 0 Å². The van der Waals surface area contributed by atoms with Gasteiger partial charge in [0.1, 0.15) is 0 Å². The largest absolute Gasteiger partial charge is 0.466 e. The van der Waals surface area contributed by atoms with Crippen LogP contribution in [-0.4, -0.2) is 19.4 Å². The summed E-state index contributed by atoms with van der Waals surface area (Å²) in [6.07, 6.45) is 0.592. The molecule has 2 rings (SSSR count). The van der Waals surface area contributed by atoms with Crippen LogP contribution in [0.1, 0.15) is 31.4 Å².